The van der Waals surface area contributed by atoms with Crippen LogP contribution in [0, 0.1) is 11.3 Å². The van der Waals surface area contributed by atoms with Crippen LogP contribution in [0.25, 0.3) is 0 Å². The highest BCUT2D eigenvalue weighted by Gasteiger charge is 2.24. The molecule has 0 heterocycles. The van der Waals surface area contributed by atoms with Crippen molar-refractivity contribution in [1.29, 1.82) is 0 Å². The minimum atomic E-state index is -0.299. The van der Waals surface area contributed by atoms with Crippen LogP contribution in [-0.4, -0.2) is 12.3 Å². The van der Waals surface area contributed by atoms with Gasteiger partial charge in [0.1, 0.15) is 6.29 Å². The highest BCUT2D eigenvalue weighted by molar-refractivity contribution is 5.57. The third-order valence-electron chi connectivity index (χ3n) is 2.50. The van der Waals surface area contributed by atoms with Gasteiger partial charge >= 0.3 is 0 Å². The molecule has 0 radical (unpaired) electrons. The molecule has 0 aromatic rings. The summed E-state index contributed by atoms with van der Waals surface area (Å²) >= 11 is 0. The molecule has 1 atom stereocenters. The van der Waals surface area contributed by atoms with Crippen molar-refractivity contribution in [3.05, 3.63) is 0 Å². The molecular formula is C9H19NO. The molecule has 0 saturated carbocycles. The summed E-state index contributed by atoms with van der Waals surface area (Å²) in [4.78, 5) is 10.3. The number of carbonyl (C=O) groups is 1. The largest absolute Gasteiger partial charge is 0.322 e. The van der Waals surface area contributed by atoms with Crippen LogP contribution in [0.3, 0.4) is 0 Å². The zero-order chi connectivity index (χ0) is 9.07. The van der Waals surface area contributed by atoms with E-state index in [9.17, 15) is 4.79 Å². The maximum Gasteiger partial charge on any atom is 0.136 e. The number of hydrogen-bond acceptors (Lipinski definition) is 2. The van der Waals surface area contributed by atoms with Crippen molar-refractivity contribution < 1.29 is 4.79 Å². The molecule has 0 saturated heterocycles. The summed E-state index contributed by atoms with van der Waals surface area (Å²) in [5.74, 6) is 0.563. The van der Waals surface area contributed by atoms with Gasteiger partial charge in [-0.3, -0.25) is 0 Å². The highest BCUT2D eigenvalue weighted by atomic mass is 16.1. The van der Waals surface area contributed by atoms with Gasteiger partial charge in [-0.1, -0.05) is 27.7 Å². The van der Waals surface area contributed by atoms with E-state index in [-0.39, 0.29) is 11.5 Å². The third kappa shape index (κ3) is 3.51. The van der Waals surface area contributed by atoms with Crippen LogP contribution < -0.4 is 5.73 Å². The first-order valence-electron chi connectivity index (χ1n) is 4.11. The zero-order valence-corrected chi connectivity index (χ0v) is 7.92. The summed E-state index contributed by atoms with van der Waals surface area (Å²) in [6.07, 6.45) is 1.60. The van der Waals surface area contributed by atoms with E-state index in [0.29, 0.717) is 5.92 Å². The average Bonchev–Trinajstić information content (AvgIpc) is 1.86. The molecule has 0 spiro atoms. The standard InChI is InChI=1S/C9H19NO/c1-7(2)9(3,4)5-8(10)6-11/h6-8H,5,10H2,1-4H3/t8-/m0/s1. The lowest BCUT2D eigenvalue weighted by molar-refractivity contribution is -0.109. The average molecular weight is 157 g/mol. The van der Waals surface area contributed by atoms with E-state index in [1.165, 1.54) is 0 Å². The topological polar surface area (TPSA) is 43.1 Å². The smallest absolute Gasteiger partial charge is 0.136 e. The Labute approximate surface area is 69.2 Å². The molecule has 0 fully saturated rings. The first-order valence-corrected chi connectivity index (χ1v) is 4.11. The lowest BCUT2D eigenvalue weighted by atomic mass is 9.76. The number of rotatable bonds is 4. The first-order chi connectivity index (χ1) is 4.90. The lowest BCUT2D eigenvalue weighted by Gasteiger charge is -2.30. The van der Waals surface area contributed by atoms with Crippen LogP contribution in [0.1, 0.15) is 34.1 Å². The lowest BCUT2D eigenvalue weighted by Crippen LogP contribution is -2.32. The molecule has 0 rings (SSSR count). The van der Waals surface area contributed by atoms with Gasteiger partial charge in [0.2, 0.25) is 0 Å². The van der Waals surface area contributed by atoms with Gasteiger partial charge in [0, 0.05) is 0 Å². The van der Waals surface area contributed by atoms with Crippen LogP contribution in [0.15, 0.2) is 0 Å². The number of hydrogen-bond donors (Lipinski definition) is 1. The fraction of sp³-hybridized carbons (Fsp3) is 0.889. The molecule has 0 aromatic heterocycles. The Morgan fingerprint density at radius 3 is 2.18 bits per heavy atom. The summed E-state index contributed by atoms with van der Waals surface area (Å²) in [6, 6.07) is -0.299. The molecule has 11 heavy (non-hydrogen) atoms. The molecular weight excluding hydrogens is 138 g/mol. The fourth-order valence-electron chi connectivity index (χ4n) is 0.891. The van der Waals surface area contributed by atoms with E-state index in [1.807, 2.05) is 0 Å². The molecule has 0 aliphatic rings. The van der Waals surface area contributed by atoms with E-state index in [2.05, 4.69) is 27.7 Å². The van der Waals surface area contributed by atoms with Crippen LogP contribution in [0.5, 0.6) is 0 Å². The number of carbonyl (C=O) groups excluding carboxylic acids is 1. The minimum absolute atomic E-state index is 0.167. The van der Waals surface area contributed by atoms with Crippen molar-refractivity contribution in [2.75, 3.05) is 0 Å². The first kappa shape index (κ1) is 10.6. The van der Waals surface area contributed by atoms with Crippen molar-refractivity contribution in [2.24, 2.45) is 17.1 Å². The van der Waals surface area contributed by atoms with E-state index in [0.717, 1.165) is 12.7 Å². The fourth-order valence-corrected chi connectivity index (χ4v) is 0.891. The van der Waals surface area contributed by atoms with Crippen LogP contribution in [0.4, 0.5) is 0 Å². The quantitative estimate of drug-likeness (QED) is 0.630. The Morgan fingerprint density at radius 1 is 1.45 bits per heavy atom. The van der Waals surface area contributed by atoms with Crippen molar-refractivity contribution in [2.45, 2.75) is 40.2 Å². The SMILES string of the molecule is CC(C)C(C)(C)C[C@H](N)C=O. The number of aldehydes is 1. The Hall–Kier alpha value is -0.370. The third-order valence-corrected chi connectivity index (χ3v) is 2.50. The van der Waals surface area contributed by atoms with Gasteiger partial charge in [-0.05, 0) is 17.8 Å². The highest BCUT2D eigenvalue weighted by Crippen LogP contribution is 2.30. The van der Waals surface area contributed by atoms with E-state index in [1.54, 1.807) is 0 Å². The predicted octanol–water partition coefficient (Wildman–Crippen LogP) is 1.58. The van der Waals surface area contributed by atoms with Crippen molar-refractivity contribution >= 4 is 6.29 Å². The summed E-state index contributed by atoms with van der Waals surface area (Å²) in [5, 5.41) is 0. The second-order valence-electron chi connectivity index (χ2n) is 4.15. The maximum absolute atomic E-state index is 10.3. The molecule has 0 aromatic carbocycles. The molecule has 66 valence electrons. The monoisotopic (exact) mass is 157 g/mol. The van der Waals surface area contributed by atoms with Gasteiger partial charge in [-0.2, -0.15) is 0 Å². The van der Waals surface area contributed by atoms with Gasteiger partial charge < -0.3 is 10.5 Å². The zero-order valence-electron chi connectivity index (χ0n) is 7.92. The molecule has 2 N–H and O–H groups in total. The molecule has 0 aliphatic carbocycles. The van der Waals surface area contributed by atoms with Crippen molar-refractivity contribution in [3.8, 4) is 0 Å². The summed E-state index contributed by atoms with van der Waals surface area (Å²) in [6.45, 7) is 8.58. The summed E-state index contributed by atoms with van der Waals surface area (Å²) in [7, 11) is 0. The van der Waals surface area contributed by atoms with E-state index in [4.69, 9.17) is 5.73 Å². The Kier molecular flexibility index (Phi) is 3.73. The molecule has 0 unspecified atom stereocenters. The second-order valence-corrected chi connectivity index (χ2v) is 4.15. The second kappa shape index (κ2) is 3.86. The Balaban J connectivity index is 4.00. The van der Waals surface area contributed by atoms with Gasteiger partial charge in [0.25, 0.3) is 0 Å². The van der Waals surface area contributed by atoms with Crippen LogP contribution >= 0.6 is 0 Å². The molecule has 2 heteroatoms. The Bertz CT molecular complexity index is 130. The predicted molar refractivity (Wildman–Crippen MR) is 47.3 cm³/mol. The van der Waals surface area contributed by atoms with Gasteiger partial charge in [-0.25, -0.2) is 0 Å². The molecule has 2 nitrogen and oxygen atoms in total. The number of nitrogens with two attached hydrogens (primary N) is 1. The van der Waals surface area contributed by atoms with Crippen molar-refractivity contribution in [1.82, 2.24) is 0 Å². The molecule has 0 bridgehead atoms. The van der Waals surface area contributed by atoms with Gasteiger partial charge in [0.05, 0.1) is 6.04 Å². The maximum atomic E-state index is 10.3. The Morgan fingerprint density at radius 2 is 1.91 bits per heavy atom. The van der Waals surface area contributed by atoms with Crippen molar-refractivity contribution in [3.63, 3.8) is 0 Å². The van der Waals surface area contributed by atoms with E-state index >= 15 is 0 Å². The van der Waals surface area contributed by atoms with Crippen LogP contribution in [-0.2, 0) is 4.79 Å². The van der Waals surface area contributed by atoms with Crippen LogP contribution in [0.2, 0.25) is 0 Å². The minimum Gasteiger partial charge on any atom is -0.322 e. The molecule has 0 amide bonds. The van der Waals surface area contributed by atoms with Gasteiger partial charge in [-0.15, -0.1) is 0 Å². The van der Waals surface area contributed by atoms with Gasteiger partial charge in [0.15, 0.2) is 0 Å². The normalized spacial score (nSPS) is 15.1. The molecule has 0 aliphatic heterocycles. The van der Waals surface area contributed by atoms with E-state index < -0.39 is 0 Å². The summed E-state index contributed by atoms with van der Waals surface area (Å²) < 4.78 is 0. The summed E-state index contributed by atoms with van der Waals surface area (Å²) in [5.41, 5.74) is 5.70.